The van der Waals surface area contributed by atoms with E-state index < -0.39 is 39.9 Å². The van der Waals surface area contributed by atoms with Gasteiger partial charge in [0.2, 0.25) is 0 Å². The predicted molar refractivity (Wildman–Crippen MR) is 141 cm³/mol. The van der Waals surface area contributed by atoms with Gasteiger partial charge in [-0.3, -0.25) is 0 Å². The molecule has 3 heterocycles. The average Bonchev–Trinajstić information content (AvgIpc) is 3.10. The van der Waals surface area contributed by atoms with Crippen LogP contribution >= 0.6 is 15.9 Å². The minimum absolute atomic E-state index is 0.0971. The molecule has 2 amide bonds. The summed E-state index contributed by atoms with van der Waals surface area (Å²) in [6, 6.07) is 5.63. The number of imide groups is 1. The number of amides is 2. The van der Waals surface area contributed by atoms with Crippen LogP contribution < -0.4 is 4.74 Å². The SMILES string of the molecule is CCCC1(C)Oc2ccc(Br)cc2C2(COC(N(C(=O)OC(C)(C)C)C(=O)OC(C)(C)C)=N2)C12COC2. The number of rotatable bonds is 2. The molecule has 0 radical (unpaired) electrons. The number of hydrogen-bond donors (Lipinski definition) is 0. The number of benzene rings is 1. The standard InChI is InChI=1S/C27H37BrN2O7/c1-9-12-25(8)26(14-33-15-26)27(18-13-17(28)10-11-19(18)35-25)16-34-20(29-27)30(21(31)36-23(2,3)4)22(32)37-24(5,6)7/h10-11,13H,9,12,14-16H2,1-8H3. The van der Waals surface area contributed by atoms with E-state index in [1.807, 2.05) is 18.2 Å². The molecule has 2 atom stereocenters. The van der Waals surface area contributed by atoms with Crippen molar-refractivity contribution in [2.45, 2.75) is 90.6 Å². The third-order valence-corrected chi connectivity index (χ3v) is 7.48. The van der Waals surface area contributed by atoms with E-state index in [9.17, 15) is 9.59 Å². The molecule has 37 heavy (non-hydrogen) atoms. The van der Waals surface area contributed by atoms with Crippen LogP contribution in [-0.2, 0) is 24.5 Å². The van der Waals surface area contributed by atoms with E-state index in [1.54, 1.807) is 41.5 Å². The Balaban J connectivity index is 1.89. The molecule has 3 aliphatic rings. The lowest BCUT2D eigenvalue weighted by Crippen LogP contribution is -2.72. The van der Waals surface area contributed by atoms with Gasteiger partial charge in [0.05, 0.1) is 18.6 Å². The van der Waals surface area contributed by atoms with Crippen molar-refractivity contribution in [1.82, 2.24) is 4.90 Å². The molecule has 0 aromatic heterocycles. The molecule has 0 bridgehead atoms. The van der Waals surface area contributed by atoms with Gasteiger partial charge in [-0.25, -0.2) is 14.6 Å². The van der Waals surface area contributed by atoms with Crippen LogP contribution in [-0.4, -0.2) is 59.7 Å². The zero-order valence-corrected chi connectivity index (χ0v) is 24.5. The summed E-state index contributed by atoms with van der Waals surface area (Å²) in [7, 11) is 0. The molecule has 1 fully saturated rings. The molecule has 0 N–H and O–H groups in total. The lowest BCUT2D eigenvalue weighted by molar-refractivity contribution is -0.255. The van der Waals surface area contributed by atoms with Crippen LogP contribution in [0.1, 0.15) is 73.8 Å². The molecule has 1 aromatic rings. The third kappa shape index (κ3) is 4.71. The molecule has 0 aliphatic carbocycles. The van der Waals surface area contributed by atoms with E-state index in [1.165, 1.54) is 0 Å². The third-order valence-electron chi connectivity index (χ3n) is 6.99. The van der Waals surface area contributed by atoms with Crippen molar-refractivity contribution in [1.29, 1.82) is 0 Å². The van der Waals surface area contributed by atoms with E-state index in [2.05, 4.69) is 29.8 Å². The Morgan fingerprint density at radius 3 is 2.14 bits per heavy atom. The molecular formula is C27H37BrN2O7. The fourth-order valence-electron chi connectivity index (χ4n) is 5.31. The molecule has 2 spiro atoms. The average molecular weight is 582 g/mol. The van der Waals surface area contributed by atoms with Crippen LogP contribution in [0.25, 0.3) is 0 Å². The van der Waals surface area contributed by atoms with Crippen LogP contribution in [0, 0.1) is 5.41 Å². The first-order chi connectivity index (χ1) is 17.1. The first-order valence-electron chi connectivity index (χ1n) is 12.6. The number of hydrogen-bond acceptors (Lipinski definition) is 8. The Morgan fingerprint density at radius 2 is 1.65 bits per heavy atom. The second kappa shape index (κ2) is 9.15. The van der Waals surface area contributed by atoms with Gasteiger partial charge in [0.1, 0.15) is 34.7 Å². The summed E-state index contributed by atoms with van der Waals surface area (Å²) in [4.78, 5) is 32.4. The number of carbonyl (C=O) groups excluding carboxylic acids is 2. The van der Waals surface area contributed by atoms with Gasteiger partial charge in [-0.2, -0.15) is 0 Å². The van der Waals surface area contributed by atoms with Crippen molar-refractivity contribution in [3.63, 3.8) is 0 Å². The fraction of sp³-hybridized carbons (Fsp3) is 0.667. The van der Waals surface area contributed by atoms with Crippen molar-refractivity contribution in [2.24, 2.45) is 10.4 Å². The van der Waals surface area contributed by atoms with Gasteiger partial charge in [-0.1, -0.05) is 29.3 Å². The van der Waals surface area contributed by atoms with Crippen LogP contribution in [0.5, 0.6) is 5.75 Å². The smallest absolute Gasteiger partial charge is 0.428 e. The van der Waals surface area contributed by atoms with Gasteiger partial charge < -0.3 is 23.7 Å². The highest BCUT2D eigenvalue weighted by atomic mass is 79.9. The number of carbonyl (C=O) groups is 2. The molecule has 1 saturated heterocycles. The van der Waals surface area contributed by atoms with Gasteiger partial charge in [-0.15, -0.1) is 4.90 Å². The number of nitrogens with zero attached hydrogens (tertiary/aromatic N) is 2. The predicted octanol–water partition coefficient (Wildman–Crippen LogP) is 6.17. The van der Waals surface area contributed by atoms with E-state index in [0.29, 0.717) is 19.0 Å². The zero-order valence-electron chi connectivity index (χ0n) is 22.9. The fourth-order valence-corrected chi connectivity index (χ4v) is 5.67. The number of amidine groups is 1. The van der Waals surface area contributed by atoms with Gasteiger partial charge in [0.15, 0.2) is 0 Å². The van der Waals surface area contributed by atoms with Crippen molar-refractivity contribution in [3.8, 4) is 5.75 Å². The summed E-state index contributed by atoms with van der Waals surface area (Å²) in [6.45, 7) is 15.4. The van der Waals surface area contributed by atoms with Crippen LogP contribution in [0.2, 0.25) is 0 Å². The van der Waals surface area contributed by atoms with Crippen LogP contribution in [0.4, 0.5) is 9.59 Å². The van der Waals surface area contributed by atoms with Crippen molar-refractivity contribution in [3.05, 3.63) is 28.2 Å². The molecule has 2 unspecified atom stereocenters. The Kier molecular flexibility index (Phi) is 6.85. The zero-order chi connectivity index (χ0) is 27.4. The summed E-state index contributed by atoms with van der Waals surface area (Å²) in [6.07, 6.45) is -0.191. The van der Waals surface area contributed by atoms with E-state index in [4.69, 9.17) is 28.7 Å². The molecule has 1 aromatic carbocycles. The molecule has 204 valence electrons. The van der Waals surface area contributed by atoms with Crippen molar-refractivity contribution >= 4 is 34.1 Å². The number of aliphatic imine (C=N–C) groups is 1. The van der Waals surface area contributed by atoms with Crippen LogP contribution in [0.15, 0.2) is 27.7 Å². The highest BCUT2D eigenvalue weighted by Gasteiger charge is 2.72. The lowest BCUT2D eigenvalue weighted by Gasteiger charge is -2.62. The summed E-state index contributed by atoms with van der Waals surface area (Å²) in [5.74, 6) is 0.686. The highest BCUT2D eigenvalue weighted by Crippen LogP contribution is 2.63. The van der Waals surface area contributed by atoms with Gasteiger partial charge in [0.25, 0.3) is 0 Å². The quantitative estimate of drug-likeness (QED) is 0.412. The molecular weight excluding hydrogens is 544 g/mol. The lowest BCUT2D eigenvalue weighted by atomic mass is 9.54. The first kappa shape index (κ1) is 27.7. The maximum atomic E-state index is 13.3. The molecule has 0 saturated carbocycles. The van der Waals surface area contributed by atoms with Gasteiger partial charge in [0, 0.05) is 10.0 Å². The van der Waals surface area contributed by atoms with E-state index >= 15 is 0 Å². The largest absolute Gasteiger partial charge is 0.486 e. The maximum absolute atomic E-state index is 13.3. The number of ether oxygens (including phenoxy) is 5. The molecule has 4 rings (SSSR count). The Morgan fingerprint density at radius 1 is 1.05 bits per heavy atom. The topological polar surface area (TPSA) is 95.9 Å². The van der Waals surface area contributed by atoms with Gasteiger partial charge in [-0.05, 0) is 73.1 Å². The Hall–Kier alpha value is -2.33. The normalized spacial score (nSPS) is 25.9. The Bertz CT molecular complexity index is 1090. The van der Waals surface area contributed by atoms with Crippen molar-refractivity contribution in [2.75, 3.05) is 19.8 Å². The Labute approximate surface area is 226 Å². The summed E-state index contributed by atoms with van der Waals surface area (Å²) >= 11 is 3.58. The van der Waals surface area contributed by atoms with E-state index in [0.717, 1.165) is 27.8 Å². The second-order valence-electron chi connectivity index (χ2n) is 12.1. The maximum Gasteiger partial charge on any atom is 0.428 e. The first-order valence-corrected chi connectivity index (χ1v) is 13.4. The van der Waals surface area contributed by atoms with Gasteiger partial charge >= 0.3 is 18.2 Å². The van der Waals surface area contributed by atoms with Crippen LogP contribution in [0.3, 0.4) is 0 Å². The summed E-state index contributed by atoms with van der Waals surface area (Å²) in [5.41, 5.74) is -3.07. The monoisotopic (exact) mass is 580 g/mol. The highest BCUT2D eigenvalue weighted by molar-refractivity contribution is 9.10. The molecule has 9 nitrogen and oxygen atoms in total. The minimum atomic E-state index is -0.968. The minimum Gasteiger partial charge on any atom is -0.486 e. The molecule has 3 aliphatic heterocycles. The molecule has 10 heteroatoms. The summed E-state index contributed by atoms with van der Waals surface area (Å²) in [5, 5.41) is 0. The van der Waals surface area contributed by atoms with Crippen molar-refractivity contribution < 1.29 is 33.3 Å². The summed E-state index contributed by atoms with van der Waals surface area (Å²) < 4.78 is 30.5. The number of halogens is 1. The second-order valence-corrected chi connectivity index (χ2v) is 13.1. The number of fused-ring (bicyclic) bond motifs is 3. The van der Waals surface area contributed by atoms with E-state index in [-0.39, 0.29) is 12.6 Å².